The van der Waals surface area contributed by atoms with Gasteiger partial charge in [0.2, 0.25) is 0 Å². The molecule has 0 saturated carbocycles. The highest BCUT2D eigenvalue weighted by Crippen LogP contribution is 2.30. The van der Waals surface area contributed by atoms with Crippen LogP contribution >= 0.6 is 0 Å². The van der Waals surface area contributed by atoms with Crippen LogP contribution < -0.4 is 4.90 Å². The summed E-state index contributed by atoms with van der Waals surface area (Å²) in [6.45, 7) is 10.6. The van der Waals surface area contributed by atoms with Crippen molar-refractivity contribution in [1.82, 2.24) is 4.90 Å². The summed E-state index contributed by atoms with van der Waals surface area (Å²) in [4.78, 5) is 65.3. The number of hydrogen-bond acceptors (Lipinski definition) is 5. The summed E-state index contributed by atoms with van der Waals surface area (Å²) in [5, 5.41) is 0. The fraction of sp³-hybridized carbons (Fsp3) is 0.303. The second-order valence-corrected chi connectivity index (χ2v) is 9.80. The minimum Gasteiger partial charge on any atom is -0.289 e. The molecular weight excluding hydrogens is 504 g/mol. The van der Waals surface area contributed by atoms with Crippen LogP contribution in [0.4, 0.5) is 5.69 Å². The maximum atomic E-state index is 13.1. The number of amides is 4. The fourth-order valence-electron chi connectivity index (χ4n) is 3.98. The third kappa shape index (κ3) is 5.93. The van der Waals surface area contributed by atoms with Crippen molar-refractivity contribution in [3.8, 4) is 0 Å². The highest BCUT2D eigenvalue weighted by molar-refractivity contribution is 6.35. The molecule has 3 aromatic rings. The largest absolute Gasteiger partial charge is 0.289 e. The number of rotatable bonds is 5. The third-order valence-corrected chi connectivity index (χ3v) is 6.79. The van der Waals surface area contributed by atoms with Gasteiger partial charge in [0.05, 0.1) is 27.9 Å². The Kier molecular flexibility index (Phi) is 9.88. The van der Waals surface area contributed by atoms with Crippen LogP contribution in [-0.4, -0.2) is 41.4 Å². The first-order valence-corrected chi connectivity index (χ1v) is 13.7. The molecule has 2 aliphatic heterocycles. The van der Waals surface area contributed by atoms with Gasteiger partial charge in [-0.05, 0) is 43.3 Å². The van der Waals surface area contributed by atoms with Crippen LogP contribution in [0.2, 0.25) is 0 Å². The van der Waals surface area contributed by atoms with Gasteiger partial charge >= 0.3 is 0 Å². The highest BCUT2D eigenvalue weighted by atomic mass is 16.2. The molecule has 0 saturated heterocycles. The second-order valence-electron chi connectivity index (χ2n) is 9.80. The van der Waals surface area contributed by atoms with Crippen LogP contribution in [-0.2, 0) is 0 Å². The van der Waals surface area contributed by atoms with E-state index in [1.807, 2.05) is 19.1 Å². The predicted octanol–water partition coefficient (Wildman–Crippen LogP) is 6.87. The first-order valence-electron chi connectivity index (χ1n) is 13.7. The van der Waals surface area contributed by atoms with Crippen molar-refractivity contribution in [2.24, 2.45) is 0 Å². The van der Waals surface area contributed by atoms with E-state index in [0.29, 0.717) is 5.69 Å². The second kappa shape index (κ2) is 13.1. The summed E-state index contributed by atoms with van der Waals surface area (Å²) < 4.78 is 0. The van der Waals surface area contributed by atoms with Gasteiger partial charge in [0.15, 0.2) is 5.78 Å². The van der Waals surface area contributed by atoms with Gasteiger partial charge in [0, 0.05) is 18.2 Å². The highest BCUT2D eigenvalue weighted by Gasteiger charge is 2.37. The summed E-state index contributed by atoms with van der Waals surface area (Å²) in [6.07, 6.45) is 5.28. The van der Waals surface area contributed by atoms with Gasteiger partial charge in [-0.25, -0.2) is 4.90 Å². The lowest BCUT2D eigenvalue weighted by atomic mass is 9.96. The molecule has 0 N–H and O–H groups in total. The summed E-state index contributed by atoms with van der Waals surface area (Å²) in [6, 6.07) is 15.7. The molecule has 5 rings (SSSR count). The normalized spacial score (nSPS) is 13.3. The van der Waals surface area contributed by atoms with Gasteiger partial charge in [0.1, 0.15) is 0 Å². The Morgan fingerprint density at radius 3 is 1.45 bits per heavy atom. The van der Waals surface area contributed by atoms with Gasteiger partial charge in [0.25, 0.3) is 23.6 Å². The standard InChI is InChI=1S/C25H16N2O5.2C4H10/c1-13-3-7-16(8-4-13)27-24(31)18-10-6-15(12-20(18)25(27)32)21(28)14-5-9-17-19(11-14)23(30)26(2)22(17)29;2*1-3-4-2/h3-12H,1-2H3;2*3-4H2,1-2H3. The number of anilines is 1. The molecular formula is C33H36N2O5. The molecule has 0 unspecified atom stereocenters. The number of aryl methyl sites for hydroxylation is 1. The van der Waals surface area contributed by atoms with Crippen molar-refractivity contribution < 1.29 is 24.0 Å². The molecule has 0 bridgehead atoms. The number of ketones is 1. The van der Waals surface area contributed by atoms with E-state index in [-0.39, 0.29) is 33.4 Å². The van der Waals surface area contributed by atoms with Crippen LogP contribution in [0, 0.1) is 6.92 Å². The van der Waals surface area contributed by atoms with Crippen LogP contribution in [0.5, 0.6) is 0 Å². The van der Waals surface area contributed by atoms with E-state index >= 15 is 0 Å². The number of carbonyl (C=O) groups excluding carboxylic acids is 5. The maximum Gasteiger partial charge on any atom is 0.266 e. The zero-order valence-corrected chi connectivity index (χ0v) is 24.0. The van der Waals surface area contributed by atoms with Crippen LogP contribution in [0.1, 0.15) is 116 Å². The molecule has 2 heterocycles. The number of imide groups is 2. The molecule has 0 radical (unpaired) electrons. The minimum absolute atomic E-state index is 0.147. The lowest BCUT2D eigenvalue weighted by Crippen LogP contribution is -2.29. The molecule has 0 fully saturated rings. The molecule has 40 heavy (non-hydrogen) atoms. The van der Waals surface area contributed by atoms with Crippen LogP contribution in [0.15, 0.2) is 60.7 Å². The maximum absolute atomic E-state index is 13.1. The van der Waals surface area contributed by atoms with E-state index in [4.69, 9.17) is 0 Å². The monoisotopic (exact) mass is 540 g/mol. The molecule has 7 nitrogen and oxygen atoms in total. The molecule has 0 spiro atoms. The van der Waals surface area contributed by atoms with Crippen molar-refractivity contribution in [1.29, 1.82) is 0 Å². The van der Waals surface area contributed by atoms with E-state index in [1.165, 1.54) is 69.1 Å². The first kappa shape index (κ1) is 30.2. The Bertz CT molecular complexity index is 1450. The van der Waals surface area contributed by atoms with E-state index < -0.39 is 29.4 Å². The smallest absolute Gasteiger partial charge is 0.266 e. The zero-order valence-electron chi connectivity index (χ0n) is 24.0. The number of fused-ring (bicyclic) bond motifs is 2. The minimum atomic E-state index is -0.500. The quantitative estimate of drug-likeness (QED) is 0.260. The predicted molar refractivity (Wildman–Crippen MR) is 156 cm³/mol. The van der Waals surface area contributed by atoms with E-state index in [9.17, 15) is 24.0 Å². The van der Waals surface area contributed by atoms with E-state index in [1.54, 1.807) is 12.1 Å². The van der Waals surface area contributed by atoms with E-state index in [2.05, 4.69) is 27.7 Å². The SMILES string of the molecule is CCCC.CCCC.Cc1ccc(N2C(=O)c3ccc(C(=O)c4ccc5c(c4)C(=O)N(C)C5=O)cc3C2=O)cc1. The van der Waals surface area contributed by atoms with Crippen LogP contribution in [0.3, 0.4) is 0 Å². The number of carbonyl (C=O) groups is 5. The third-order valence-electron chi connectivity index (χ3n) is 6.79. The fourth-order valence-corrected chi connectivity index (χ4v) is 3.98. The van der Waals surface area contributed by atoms with Gasteiger partial charge in [-0.2, -0.15) is 0 Å². The van der Waals surface area contributed by atoms with Crippen molar-refractivity contribution in [2.75, 3.05) is 11.9 Å². The van der Waals surface area contributed by atoms with Gasteiger partial charge in [-0.1, -0.05) is 83.2 Å². The average molecular weight is 541 g/mol. The average Bonchev–Trinajstić information content (AvgIpc) is 3.36. The van der Waals surface area contributed by atoms with Crippen molar-refractivity contribution in [2.45, 2.75) is 60.3 Å². The number of nitrogens with zero attached hydrogens (tertiary/aromatic N) is 2. The lowest BCUT2D eigenvalue weighted by Gasteiger charge is -2.13. The van der Waals surface area contributed by atoms with Crippen LogP contribution in [0.25, 0.3) is 0 Å². The number of hydrogen-bond donors (Lipinski definition) is 0. The molecule has 7 heteroatoms. The Balaban J connectivity index is 0.000000490. The molecule has 4 amide bonds. The summed E-state index contributed by atoms with van der Waals surface area (Å²) >= 11 is 0. The van der Waals surface area contributed by atoms with Gasteiger partial charge in [-0.3, -0.25) is 28.9 Å². The molecule has 2 aliphatic rings. The van der Waals surface area contributed by atoms with Gasteiger partial charge < -0.3 is 0 Å². The van der Waals surface area contributed by atoms with Crippen molar-refractivity contribution in [3.05, 3.63) is 99.6 Å². The number of benzene rings is 3. The Hall–Kier alpha value is -4.39. The summed E-state index contributed by atoms with van der Waals surface area (Å²) in [5.41, 5.74) is 2.67. The first-order chi connectivity index (χ1) is 19.1. The molecule has 0 aromatic heterocycles. The summed E-state index contributed by atoms with van der Waals surface area (Å²) in [5.74, 6) is -2.25. The molecule has 3 aromatic carbocycles. The molecule has 0 aliphatic carbocycles. The summed E-state index contributed by atoms with van der Waals surface area (Å²) in [7, 11) is 1.38. The Morgan fingerprint density at radius 1 is 0.575 bits per heavy atom. The molecule has 208 valence electrons. The Labute approximate surface area is 235 Å². The number of unbranched alkanes of at least 4 members (excludes halogenated alkanes) is 2. The van der Waals surface area contributed by atoms with E-state index in [0.717, 1.165) is 15.4 Å². The Morgan fingerprint density at radius 2 is 0.975 bits per heavy atom. The van der Waals surface area contributed by atoms with Gasteiger partial charge in [-0.15, -0.1) is 0 Å². The lowest BCUT2D eigenvalue weighted by molar-refractivity contribution is 0.0692. The van der Waals surface area contributed by atoms with Crippen molar-refractivity contribution in [3.63, 3.8) is 0 Å². The topological polar surface area (TPSA) is 91.8 Å². The zero-order chi connectivity index (χ0) is 29.6. The molecule has 0 atom stereocenters. The van der Waals surface area contributed by atoms with Crippen molar-refractivity contribution >= 4 is 35.1 Å².